The van der Waals surface area contributed by atoms with Crippen molar-refractivity contribution in [1.82, 2.24) is 5.32 Å². The van der Waals surface area contributed by atoms with E-state index in [1.807, 2.05) is 6.92 Å². The number of nitrogens with one attached hydrogen (secondary N) is 1. The molecule has 0 radical (unpaired) electrons. The van der Waals surface area contributed by atoms with Crippen molar-refractivity contribution < 1.29 is 4.74 Å². The molecule has 0 spiro atoms. The van der Waals surface area contributed by atoms with Gasteiger partial charge >= 0.3 is 0 Å². The fourth-order valence-electron chi connectivity index (χ4n) is 2.16. The highest BCUT2D eigenvalue weighted by Gasteiger charge is 2.27. The van der Waals surface area contributed by atoms with E-state index in [0.717, 1.165) is 6.42 Å². The third kappa shape index (κ3) is 4.19. The van der Waals surface area contributed by atoms with Gasteiger partial charge in [0.25, 0.3) is 0 Å². The minimum Gasteiger partial charge on any atom is -0.385 e. The third-order valence-electron chi connectivity index (χ3n) is 3.18. The summed E-state index contributed by atoms with van der Waals surface area (Å²) in [5.41, 5.74) is -0.419. The monoisotopic (exact) mass is 210 g/mol. The molecule has 1 fully saturated rings. The fourth-order valence-corrected chi connectivity index (χ4v) is 2.16. The Kier molecular flexibility index (Phi) is 5.07. The van der Waals surface area contributed by atoms with Crippen molar-refractivity contribution in [2.24, 2.45) is 0 Å². The summed E-state index contributed by atoms with van der Waals surface area (Å²) in [6.45, 7) is 2.62. The quantitative estimate of drug-likeness (QED) is 0.756. The van der Waals surface area contributed by atoms with Gasteiger partial charge in [-0.15, -0.1) is 0 Å². The number of rotatable bonds is 5. The van der Waals surface area contributed by atoms with Crippen LogP contribution in [0.3, 0.4) is 0 Å². The van der Waals surface area contributed by atoms with E-state index in [1.165, 1.54) is 32.1 Å². The number of ether oxygens (including phenoxy) is 1. The average Bonchev–Trinajstić information content (AvgIpc) is 2.28. The maximum Gasteiger partial charge on any atom is 0.106 e. The zero-order valence-corrected chi connectivity index (χ0v) is 9.88. The summed E-state index contributed by atoms with van der Waals surface area (Å²) in [6.07, 6.45) is 7.12. The topological polar surface area (TPSA) is 45.0 Å². The van der Waals surface area contributed by atoms with E-state index in [0.29, 0.717) is 12.6 Å². The van der Waals surface area contributed by atoms with E-state index in [4.69, 9.17) is 4.74 Å². The molecule has 1 N–H and O–H groups in total. The van der Waals surface area contributed by atoms with Crippen LogP contribution in [0.15, 0.2) is 0 Å². The van der Waals surface area contributed by atoms with E-state index in [1.54, 1.807) is 7.11 Å². The van der Waals surface area contributed by atoms with Gasteiger partial charge in [-0.3, -0.25) is 5.32 Å². The number of nitrogens with zero attached hydrogens (tertiary/aromatic N) is 1. The van der Waals surface area contributed by atoms with E-state index in [-0.39, 0.29) is 0 Å². The maximum absolute atomic E-state index is 9.17. The summed E-state index contributed by atoms with van der Waals surface area (Å²) in [4.78, 5) is 0. The molecule has 0 aliphatic heterocycles. The zero-order valence-electron chi connectivity index (χ0n) is 9.88. The Morgan fingerprint density at radius 1 is 1.40 bits per heavy atom. The fraction of sp³-hybridized carbons (Fsp3) is 0.917. The van der Waals surface area contributed by atoms with Gasteiger partial charge < -0.3 is 4.74 Å². The van der Waals surface area contributed by atoms with Gasteiger partial charge in [0.1, 0.15) is 5.54 Å². The van der Waals surface area contributed by atoms with Crippen molar-refractivity contribution in [1.29, 1.82) is 5.26 Å². The molecule has 1 unspecified atom stereocenters. The van der Waals surface area contributed by atoms with Gasteiger partial charge in [0.2, 0.25) is 0 Å². The Morgan fingerprint density at radius 3 is 2.60 bits per heavy atom. The second kappa shape index (κ2) is 6.09. The Labute approximate surface area is 92.8 Å². The Morgan fingerprint density at radius 2 is 2.07 bits per heavy atom. The van der Waals surface area contributed by atoms with E-state index >= 15 is 0 Å². The first-order chi connectivity index (χ1) is 7.20. The molecule has 1 saturated carbocycles. The number of methoxy groups -OCH3 is 1. The van der Waals surface area contributed by atoms with E-state index in [2.05, 4.69) is 11.4 Å². The predicted octanol–water partition coefficient (Wildman–Crippen LogP) is 2.23. The highest BCUT2D eigenvalue weighted by atomic mass is 16.5. The number of hydrogen-bond acceptors (Lipinski definition) is 3. The lowest BCUT2D eigenvalue weighted by atomic mass is 9.91. The van der Waals surface area contributed by atoms with Crippen LogP contribution in [-0.2, 0) is 4.74 Å². The van der Waals surface area contributed by atoms with Crippen LogP contribution in [0.5, 0.6) is 0 Å². The molecule has 0 heterocycles. The van der Waals surface area contributed by atoms with Crippen LogP contribution in [0.1, 0.15) is 45.4 Å². The second-order valence-electron chi connectivity index (χ2n) is 4.67. The lowest BCUT2D eigenvalue weighted by Crippen LogP contribution is -2.48. The predicted molar refractivity (Wildman–Crippen MR) is 60.5 cm³/mol. The Bertz CT molecular complexity index is 218. The third-order valence-corrected chi connectivity index (χ3v) is 3.18. The second-order valence-corrected chi connectivity index (χ2v) is 4.67. The molecule has 1 rings (SSSR count). The summed E-state index contributed by atoms with van der Waals surface area (Å²) in [6, 6.07) is 2.90. The standard InChI is InChI=1S/C12H22N2O/c1-12(10-13,8-9-15-2)14-11-6-4-3-5-7-11/h11,14H,3-9H2,1-2H3. The van der Waals surface area contributed by atoms with E-state index < -0.39 is 5.54 Å². The highest BCUT2D eigenvalue weighted by Crippen LogP contribution is 2.21. The Balaban J connectivity index is 2.40. The molecule has 1 atom stereocenters. The molecule has 0 amide bonds. The number of hydrogen-bond donors (Lipinski definition) is 1. The van der Waals surface area contributed by atoms with Gasteiger partial charge in [0.15, 0.2) is 0 Å². The first kappa shape index (κ1) is 12.5. The molecule has 1 aliphatic carbocycles. The average molecular weight is 210 g/mol. The van der Waals surface area contributed by atoms with Gasteiger partial charge in [0.05, 0.1) is 6.07 Å². The van der Waals surface area contributed by atoms with Gasteiger partial charge in [-0.25, -0.2) is 0 Å². The first-order valence-corrected chi connectivity index (χ1v) is 5.88. The van der Waals surface area contributed by atoms with Crippen molar-refractivity contribution in [3.63, 3.8) is 0 Å². The van der Waals surface area contributed by atoms with Crippen LogP contribution in [0.4, 0.5) is 0 Å². The van der Waals surface area contributed by atoms with Gasteiger partial charge in [0, 0.05) is 26.2 Å². The molecular weight excluding hydrogens is 188 g/mol. The SMILES string of the molecule is COCCC(C)(C#N)NC1CCCCC1. The Hall–Kier alpha value is -0.590. The lowest BCUT2D eigenvalue weighted by Gasteiger charge is -2.31. The summed E-state index contributed by atoms with van der Waals surface area (Å²) in [5.74, 6) is 0. The lowest BCUT2D eigenvalue weighted by molar-refractivity contribution is 0.166. The maximum atomic E-state index is 9.17. The molecular formula is C12H22N2O. The molecule has 3 nitrogen and oxygen atoms in total. The molecule has 15 heavy (non-hydrogen) atoms. The molecule has 86 valence electrons. The van der Waals surface area contributed by atoms with Gasteiger partial charge in [-0.05, 0) is 19.8 Å². The minimum absolute atomic E-state index is 0.419. The summed E-state index contributed by atoms with van der Waals surface area (Å²) >= 11 is 0. The van der Waals surface area contributed by atoms with Crippen LogP contribution in [0.25, 0.3) is 0 Å². The highest BCUT2D eigenvalue weighted by molar-refractivity contribution is 5.05. The number of nitriles is 1. The van der Waals surface area contributed by atoms with Crippen molar-refractivity contribution in [2.45, 2.75) is 57.0 Å². The molecule has 0 bridgehead atoms. The van der Waals surface area contributed by atoms with Crippen LogP contribution in [-0.4, -0.2) is 25.3 Å². The minimum atomic E-state index is -0.419. The van der Waals surface area contributed by atoms with Crippen LogP contribution >= 0.6 is 0 Å². The molecule has 3 heteroatoms. The smallest absolute Gasteiger partial charge is 0.106 e. The summed E-state index contributed by atoms with van der Waals surface area (Å²) in [7, 11) is 1.68. The summed E-state index contributed by atoms with van der Waals surface area (Å²) in [5, 5.41) is 12.7. The molecule has 0 aromatic carbocycles. The largest absolute Gasteiger partial charge is 0.385 e. The van der Waals surface area contributed by atoms with Crippen molar-refractivity contribution in [2.75, 3.05) is 13.7 Å². The normalized spacial score (nSPS) is 21.9. The molecule has 0 aromatic rings. The van der Waals surface area contributed by atoms with Crippen molar-refractivity contribution in [3.8, 4) is 6.07 Å². The first-order valence-electron chi connectivity index (χ1n) is 5.88. The van der Waals surface area contributed by atoms with Crippen molar-refractivity contribution >= 4 is 0 Å². The van der Waals surface area contributed by atoms with Crippen LogP contribution < -0.4 is 5.32 Å². The molecule has 1 aliphatic rings. The molecule has 0 aromatic heterocycles. The zero-order chi connectivity index (χ0) is 11.1. The van der Waals surface area contributed by atoms with Gasteiger partial charge in [-0.1, -0.05) is 19.3 Å². The van der Waals surface area contributed by atoms with Crippen LogP contribution in [0.2, 0.25) is 0 Å². The van der Waals surface area contributed by atoms with Crippen molar-refractivity contribution in [3.05, 3.63) is 0 Å². The van der Waals surface area contributed by atoms with Gasteiger partial charge in [-0.2, -0.15) is 5.26 Å². The van der Waals surface area contributed by atoms with Crippen LogP contribution in [0, 0.1) is 11.3 Å². The van der Waals surface area contributed by atoms with E-state index in [9.17, 15) is 5.26 Å². The molecule has 0 saturated heterocycles. The summed E-state index contributed by atoms with van der Waals surface area (Å²) < 4.78 is 5.04.